The van der Waals surface area contributed by atoms with E-state index >= 15 is 0 Å². The lowest BCUT2D eigenvalue weighted by Gasteiger charge is -2.18. The molecule has 0 aromatic rings. The van der Waals surface area contributed by atoms with Crippen molar-refractivity contribution in [3.8, 4) is 0 Å². The molecule has 0 heterocycles. The standard InChI is InChI=1S/C23H40O8/c1-3-5-7-9-11-13-21(26)29-17-19(31-23(28)16-15-20(24)25)18-30-22(27)14-12-10-8-6-4-2/h19H,3-18H2,1-2H3,(H,24,25)/p-1. The fourth-order valence-corrected chi connectivity index (χ4v) is 2.83. The van der Waals surface area contributed by atoms with Gasteiger partial charge in [-0.05, 0) is 19.3 Å². The highest BCUT2D eigenvalue weighted by molar-refractivity contribution is 5.76. The molecule has 0 aromatic carbocycles. The fourth-order valence-electron chi connectivity index (χ4n) is 2.83. The van der Waals surface area contributed by atoms with Gasteiger partial charge in [0.1, 0.15) is 13.2 Å². The van der Waals surface area contributed by atoms with E-state index in [1.807, 2.05) is 0 Å². The number of carbonyl (C=O) groups excluding carboxylic acids is 4. The quantitative estimate of drug-likeness (QED) is 0.160. The van der Waals surface area contributed by atoms with Gasteiger partial charge in [0.2, 0.25) is 0 Å². The minimum absolute atomic E-state index is 0.241. The molecular formula is C23H39O8-. The number of aliphatic carboxylic acids is 1. The summed E-state index contributed by atoms with van der Waals surface area (Å²) >= 11 is 0. The van der Waals surface area contributed by atoms with Crippen molar-refractivity contribution in [3.05, 3.63) is 0 Å². The number of esters is 3. The van der Waals surface area contributed by atoms with Crippen molar-refractivity contribution in [1.29, 1.82) is 0 Å². The van der Waals surface area contributed by atoms with E-state index in [1.165, 1.54) is 0 Å². The summed E-state index contributed by atoms with van der Waals surface area (Å²) in [6.45, 7) is 3.74. The first-order chi connectivity index (χ1) is 14.9. The Hall–Kier alpha value is -2.12. The predicted molar refractivity (Wildman–Crippen MR) is 113 cm³/mol. The molecule has 0 spiro atoms. The van der Waals surface area contributed by atoms with Crippen LogP contribution in [-0.4, -0.2) is 43.2 Å². The van der Waals surface area contributed by atoms with Gasteiger partial charge in [0.25, 0.3) is 0 Å². The van der Waals surface area contributed by atoms with E-state index in [2.05, 4.69) is 13.8 Å². The van der Waals surface area contributed by atoms with Crippen LogP contribution in [0.1, 0.15) is 104 Å². The molecule has 0 rings (SSSR count). The molecule has 0 unspecified atom stereocenters. The van der Waals surface area contributed by atoms with Crippen LogP contribution in [0.2, 0.25) is 0 Å². The summed E-state index contributed by atoms with van der Waals surface area (Å²) < 4.78 is 15.5. The Balaban J connectivity index is 4.37. The largest absolute Gasteiger partial charge is 0.550 e. The second-order valence-corrected chi connectivity index (χ2v) is 7.68. The van der Waals surface area contributed by atoms with Crippen molar-refractivity contribution >= 4 is 23.9 Å². The number of hydrogen-bond donors (Lipinski definition) is 0. The van der Waals surface area contributed by atoms with E-state index in [0.717, 1.165) is 64.2 Å². The molecule has 0 amide bonds. The van der Waals surface area contributed by atoms with Gasteiger partial charge in [-0.3, -0.25) is 14.4 Å². The molecular weight excluding hydrogens is 404 g/mol. The number of hydrogen-bond acceptors (Lipinski definition) is 8. The zero-order chi connectivity index (χ0) is 23.3. The molecule has 0 bridgehead atoms. The molecule has 0 aliphatic rings. The maximum Gasteiger partial charge on any atom is 0.306 e. The van der Waals surface area contributed by atoms with Crippen LogP contribution in [0.15, 0.2) is 0 Å². The Bertz CT molecular complexity index is 488. The molecule has 8 nitrogen and oxygen atoms in total. The smallest absolute Gasteiger partial charge is 0.306 e. The maximum atomic E-state index is 11.9. The minimum atomic E-state index is -1.36. The highest BCUT2D eigenvalue weighted by atomic mass is 16.6. The molecule has 0 atom stereocenters. The zero-order valence-corrected chi connectivity index (χ0v) is 19.2. The average Bonchev–Trinajstić information content (AvgIpc) is 2.73. The van der Waals surface area contributed by atoms with Gasteiger partial charge in [-0.2, -0.15) is 0 Å². The lowest BCUT2D eigenvalue weighted by atomic mass is 10.1. The SMILES string of the molecule is CCCCCCCC(=O)OCC(COC(=O)CCCCCCC)OC(=O)CCC(=O)[O-]. The second kappa shape index (κ2) is 19.8. The summed E-state index contributed by atoms with van der Waals surface area (Å²) in [6.07, 6.45) is 8.70. The third kappa shape index (κ3) is 19.6. The van der Waals surface area contributed by atoms with Crippen molar-refractivity contribution in [2.24, 2.45) is 0 Å². The number of carbonyl (C=O) groups is 4. The number of carboxylic acids is 1. The first-order valence-electron chi connectivity index (χ1n) is 11.6. The Morgan fingerprint density at radius 1 is 0.613 bits per heavy atom. The van der Waals surface area contributed by atoms with Gasteiger partial charge in [-0.25, -0.2) is 0 Å². The minimum Gasteiger partial charge on any atom is -0.550 e. The van der Waals surface area contributed by atoms with Crippen molar-refractivity contribution in [1.82, 2.24) is 0 Å². The normalized spacial score (nSPS) is 10.7. The van der Waals surface area contributed by atoms with Crippen LogP contribution >= 0.6 is 0 Å². The molecule has 180 valence electrons. The van der Waals surface area contributed by atoms with E-state index < -0.39 is 36.4 Å². The summed E-state index contributed by atoms with van der Waals surface area (Å²) in [4.78, 5) is 46.1. The summed E-state index contributed by atoms with van der Waals surface area (Å²) in [5.74, 6) is -2.96. The summed E-state index contributed by atoms with van der Waals surface area (Å²) in [5, 5.41) is 10.5. The molecule has 31 heavy (non-hydrogen) atoms. The molecule has 0 saturated heterocycles. The maximum absolute atomic E-state index is 11.9. The van der Waals surface area contributed by atoms with Gasteiger partial charge in [0, 0.05) is 18.8 Å². The van der Waals surface area contributed by atoms with Crippen molar-refractivity contribution in [2.75, 3.05) is 13.2 Å². The molecule has 0 N–H and O–H groups in total. The number of ether oxygens (including phenoxy) is 3. The van der Waals surface area contributed by atoms with Gasteiger partial charge < -0.3 is 24.1 Å². The predicted octanol–water partition coefficient (Wildman–Crippen LogP) is 3.24. The first kappa shape index (κ1) is 28.9. The van der Waals surface area contributed by atoms with Crippen LogP contribution in [-0.2, 0) is 33.4 Å². The third-order valence-corrected chi connectivity index (χ3v) is 4.66. The Morgan fingerprint density at radius 2 is 1.06 bits per heavy atom. The van der Waals surface area contributed by atoms with Crippen LogP contribution in [0, 0.1) is 0 Å². The molecule has 0 fully saturated rings. The van der Waals surface area contributed by atoms with Crippen LogP contribution in [0.3, 0.4) is 0 Å². The topological polar surface area (TPSA) is 119 Å². The van der Waals surface area contributed by atoms with Gasteiger partial charge in [-0.1, -0.05) is 65.2 Å². The molecule has 0 aliphatic carbocycles. The van der Waals surface area contributed by atoms with Crippen LogP contribution in [0.4, 0.5) is 0 Å². The van der Waals surface area contributed by atoms with E-state index in [-0.39, 0.29) is 32.5 Å². The second-order valence-electron chi connectivity index (χ2n) is 7.68. The zero-order valence-electron chi connectivity index (χ0n) is 19.2. The molecule has 0 radical (unpaired) electrons. The van der Waals surface area contributed by atoms with E-state index in [0.29, 0.717) is 0 Å². The van der Waals surface area contributed by atoms with Crippen LogP contribution in [0.25, 0.3) is 0 Å². The van der Waals surface area contributed by atoms with Crippen LogP contribution in [0.5, 0.6) is 0 Å². The van der Waals surface area contributed by atoms with E-state index in [1.54, 1.807) is 0 Å². The highest BCUT2D eigenvalue weighted by Crippen LogP contribution is 2.09. The third-order valence-electron chi connectivity index (χ3n) is 4.66. The number of carboxylic acid groups (broad SMARTS) is 1. The molecule has 0 aliphatic heterocycles. The van der Waals surface area contributed by atoms with Crippen LogP contribution < -0.4 is 5.11 Å². The molecule has 0 aromatic heterocycles. The Kier molecular flexibility index (Phi) is 18.5. The van der Waals surface area contributed by atoms with E-state index in [9.17, 15) is 24.3 Å². The highest BCUT2D eigenvalue weighted by Gasteiger charge is 2.19. The first-order valence-corrected chi connectivity index (χ1v) is 11.6. The van der Waals surface area contributed by atoms with Crippen molar-refractivity contribution < 1.29 is 38.5 Å². The van der Waals surface area contributed by atoms with Crippen molar-refractivity contribution in [3.63, 3.8) is 0 Å². The van der Waals surface area contributed by atoms with Crippen molar-refractivity contribution in [2.45, 2.75) is 110 Å². The molecule has 8 heteroatoms. The average molecular weight is 444 g/mol. The fraction of sp³-hybridized carbons (Fsp3) is 0.826. The Morgan fingerprint density at radius 3 is 1.48 bits per heavy atom. The Labute approximate surface area is 186 Å². The van der Waals surface area contributed by atoms with Gasteiger partial charge >= 0.3 is 17.9 Å². The van der Waals surface area contributed by atoms with Gasteiger partial charge in [-0.15, -0.1) is 0 Å². The monoisotopic (exact) mass is 443 g/mol. The lowest BCUT2D eigenvalue weighted by Crippen LogP contribution is -2.31. The van der Waals surface area contributed by atoms with Gasteiger partial charge in [0.15, 0.2) is 6.10 Å². The van der Waals surface area contributed by atoms with Gasteiger partial charge in [0.05, 0.1) is 6.42 Å². The summed E-state index contributed by atoms with van der Waals surface area (Å²) in [5.41, 5.74) is 0. The summed E-state index contributed by atoms with van der Waals surface area (Å²) in [6, 6.07) is 0. The molecule has 0 saturated carbocycles. The lowest BCUT2D eigenvalue weighted by molar-refractivity contribution is -0.305. The van der Waals surface area contributed by atoms with E-state index in [4.69, 9.17) is 14.2 Å². The number of rotatable bonds is 20. The summed E-state index contributed by atoms with van der Waals surface area (Å²) in [7, 11) is 0. The number of unbranched alkanes of at least 4 members (excludes halogenated alkanes) is 8.